The number of rotatable bonds is 4. The van der Waals surface area contributed by atoms with Crippen LogP contribution in [-0.2, 0) is 0 Å². The number of benzene rings is 1. The first kappa shape index (κ1) is 15.5. The summed E-state index contributed by atoms with van der Waals surface area (Å²) in [7, 11) is 0. The number of halogens is 1. The maximum absolute atomic E-state index is 13.7. The SMILES string of the molecule is CC1CC(C)C(C)N(CCC(N)c2ccccc2F)C1. The first-order chi connectivity index (χ1) is 9.49. The number of likely N-dealkylation sites (tertiary alicyclic amines) is 1. The van der Waals surface area contributed by atoms with E-state index in [0.29, 0.717) is 11.6 Å². The van der Waals surface area contributed by atoms with E-state index in [9.17, 15) is 4.39 Å². The van der Waals surface area contributed by atoms with Gasteiger partial charge in [0, 0.05) is 30.7 Å². The van der Waals surface area contributed by atoms with E-state index >= 15 is 0 Å². The number of hydrogen-bond donors (Lipinski definition) is 1. The summed E-state index contributed by atoms with van der Waals surface area (Å²) >= 11 is 0. The lowest BCUT2D eigenvalue weighted by Crippen LogP contribution is -2.46. The summed E-state index contributed by atoms with van der Waals surface area (Å²) in [6.07, 6.45) is 2.11. The van der Waals surface area contributed by atoms with Gasteiger partial charge >= 0.3 is 0 Å². The van der Waals surface area contributed by atoms with Crippen LogP contribution in [0.2, 0.25) is 0 Å². The molecule has 4 atom stereocenters. The van der Waals surface area contributed by atoms with Gasteiger partial charge in [-0.3, -0.25) is 0 Å². The summed E-state index contributed by atoms with van der Waals surface area (Å²) < 4.78 is 13.7. The zero-order chi connectivity index (χ0) is 14.7. The molecule has 1 aliphatic heterocycles. The Labute approximate surface area is 122 Å². The molecule has 3 heteroatoms. The first-order valence-electron chi connectivity index (χ1n) is 7.73. The highest BCUT2D eigenvalue weighted by atomic mass is 19.1. The molecule has 1 aromatic rings. The highest BCUT2D eigenvalue weighted by Crippen LogP contribution is 2.28. The van der Waals surface area contributed by atoms with Gasteiger partial charge < -0.3 is 10.6 Å². The molecule has 1 aromatic carbocycles. The van der Waals surface area contributed by atoms with Gasteiger partial charge in [0.2, 0.25) is 0 Å². The Bertz CT molecular complexity index is 435. The molecule has 0 radical (unpaired) electrons. The van der Waals surface area contributed by atoms with E-state index in [1.165, 1.54) is 12.5 Å². The second kappa shape index (κ2) is 6.68. The summed E-state index contributed by atoms with van der Waals surface area (Å²) in [5, 5.41) is 0. The minimum atomic E-state index is -0.212. The van der Waals surface area contributed by atoms with E-state index < -0.39 is 0 Å². The van der Waals surface area contributed by atoms with Crippen molar-refractivity contribution < 1.29 is 4.39 Å². The van der Waals surface area contributed by atoms with Gasteiger partial charge in [0.25, 0.3) is 0 Å². The Morgan fingerprint density at radius 3 is 2.70 bits per heavy atom. The van der Waals surface area contributed by atoms with Crippen molar-refractivity contribution >= 4 is 0 Å². The zero-order valence-corrected chi connectivity index (χ0v) is 12.8. The second-order valence-corrected chi connectivity index (χ2v) is 6.47. The van der Waals surface area contributed by atoms with Crippen molar-refractivity contribution in [2.75, 3.05) is 13.1 Å². The predicted molar refractivity (Wildman–Crippen MR) is 81.9 cm³/mol. The molecule has 0 bridgehead atoms. The van der Waals surface area contributed by atoms with Crippen molar-refractivity contribution in [1.29, 1.82) is 0 Å². The summed E-state index contributed by atoms with van der Waals surface area (Å²) in [5.41, 5.74) is 6.80. The third kappa shape index (κ3) is 3.58. The number of hydrogen-bond acceptors (Lipinski definition) is 2. The largest absolute Gasteiger partial charge is 0.324 e. The lowest BCUT2D eigenvalue weighted by Gasteiger charge is -2.41. The topological polar surface area (TPSA) is 29.3 Å². The Balaban J connectivity index is 1.93. The molecule has 1 saturated heterocycles. The van der Waals surface area contributed by atoms with E-state index in [4.69, 9.17) is 5.73 Å². The molecule has 0 spiro atoms. The van der Waals surface area contributed by atoms with Crippen LogP contribution in [-0.4, -0.2) is 24.0 Å². The lowest BCUT2D eigenvalue weighted by molar-refractivity contribution is 0.0769. The van der Waals surface area contributed by atoms with Gasteiger partial charge in [-0.2, -0.15) is 0 Å². The van der Waals surface area contributed by atoms with Crippen LogP contribution in [0.1, 0.15) is 45.2 Å². The first-order valence-corrected chi connectivity index (χ1v) is 7.73. The molecule has 2 nitrogen and oxygen atoms in total. The summed E-state index contributed by atoms with van der Waals surface area (Å²) in [4.78, 5) is 2.51. The summed E-state index contributed by atoms with van der Waals surface area (Å²) in [6, 6.07) is 7.23. The molecular formula is C17H27FN2. The molecule has 2 N–H and O–H groups in total. The quantitative estimate of drug-likeness (QED) is 0.912. The van der Waals surface area contributed by atoms with Crippen LogP contribution < -0.4 is 5.73 Å². The van der Waals surface area contributed by atoms with E-state index in [0.717, 1.165) is 31.3 Å². The van der Waals surface area contributed by atoms with Gasteiger partial charge in [-0.25, -0.2) is 4.39 Å². The fourth-order valence-electron chi connectivity index (χ4n) is 3.36. The van der Waals surface area contributed by atoms with Crippen molar-refractivity contribution in [2.45, 2.75) is 45.7 Å². The van der Waals surface area contributed by atoms with Gasteiger partial charge in [0.1, 0.15) is 5.82 Å². The van der Waals surface area contributed by atoms with Gasteiger partial charge in [-0.1, -0.05) is 32.0 Å². The zero-order valence-electron chi connectivity index (χ0n) is 12.8. The van der Waals surface area contributed by atoms with Crippen LogP contribution >= 0.6 is 0 Å². The van der Waals surface area contributed by atoms with Crippen molar-refractivity contribution in [2.24, 2.45) is 17.6 Å². The second-order valence-electron chi connectivity index (χ2n) is 6.47. The number of nitrogens with zero attached hydrogens (tertiary/aromatic N) is 1. The van der Waals surface area contributed by atoms with Crippen LogP contribution in [0.25, 0.3) is 0 Å². The Hall–Kier alpha value is -0.930. The van der Waals surface area contributed by atoms with Crippen molar-refractivity contribution in [1.82, 2.24) is 4.90 Å². The molecule has 0 amide bonds. The van der Waals surface area contributed by atoms with Gasteiger partial charge in [0.15, 0.2) is 0 Å². The van der Waals surface area contributed by atoms with E-state index in [-0.39, 0.29) is 11.9 Å². The van der Waals surface area contributed by atoms with Crippen LogP contribution in [0.5, 0.6) is 0 Å². The normalized spacial score (nSPS) is 29.4. The Kier molecular flexibility index (Phi) is 5.17. The van der Waals surface area contributed by atoms with E-state index in [1.807, 2.05) is 6.07 Å². The molecule has 112 valence electrons. The summed E-state index contributed by atoms with van der Waals surface area (Å²) in [6.45, 7) is 9.02. The molecule has 2 rings (SSSR count). The van der Waals surface area contributed by atoms with Crippen LogP contribution in [0.3, 0.4) is 0 Å². The van der Waals surface area contributed by atoms with Gasteiger partial charge in [0.05, 0.1) is 0 Å². The highest BCUT2D eigenvalue weighted by Gasteiger charge is 2.28. The minimum Gasteiger partial charge on any atom is -0.324 e. The molecule has 1 fully saturated rings. The fourth-order valence-corrected chi connectivity index (χ4v) is 3.36. The average molecular weight is 278 g/mol. The lowest BCUT2D eigenvalue weighted by atomic mass is 9.85. The molecule has 1 aliphatic rings. The number of nitrogens with two attached hydrogens (primary N) is 1. The van der Waals surface area contributed by atoms with Crippen LogP contribution in [0.4, 0.5) is 4.39 Å². The molecule has 0 aromatic heterocycles. The van der Waals surface area contributed by atoms with Crippen molar-refractivity contribution in [3.63, 3.8) is 0 Å². The Morgan fingerprint density at radius 1 is 1.30 bits per heavy atom. The summed E-state index contributed by atoms with van der Waals surface area (Å²) in [5.74, 6) is 1.28. The maximum atomic E-state index is 13.7. The van der Waals surface area contributed by atoms with E-state index in [1.54, 1.807) is 12.1 Å². The smallest absolute Gasteiger partial charge is 0.127 e. The molecule has 0 aliphatic carbocycles. The molecule has 0 saturated carbocycles. The fraction of sp³-hybridized carbons (Fsp3) is 0.647. The van der Waals surface area contributed by atoms with Crippen molar-refractivity contribution in [3.8, 4) is 0 Å². The molecule has 1 heterocycles. The monoisotopic (exact) mass is 278 g/mol. The average Bonchev–Trinajstić information content (AvgIpc) is 2.41. The minimum absolute atomic E-state index is 0.187. The van der Waals surface area contributed by atoms with Gasteiger partial charge in [-0.15, -0.1) is 0 Å². The van der Waals surface area contributed by atoms with Gasteiger partial charge in [-0.05, 0) is 37.7 Å². The standard InChI is InChI=1S/C17H27FN2/c1-12-10-13(2)14(3)20(11-12)9-8-17(19)15-6-4-5-7-16(15)18/h4-7,12-14,17H,8-11,19H2,1-3H3. The van der Waals surface area contributed by atoms with E-state index in [2.05, 4.69) is 25.7 Å². The highest BCUT2D eigenvalue weighted by molar-refractivity contribution is 5.20. The molecular weight excluding hydrogens is 251 g/mol. The third-order valence-electron chi connectivity index (χ3n) is 4.75. The predicted octanol–water partition coefficient (Wildman–Crippen LogP) is 3.58. The molecule has 20 heavy (non-hydrogen) atoms. The molecule has 4 unspecified atom stereocenters. The van der Waals surface area contributed by atoms with Crippen molar-refractivity contribution in [3.05, 3.63) is 35.6 Å². The van der Waals surface area contributed by atoms with Crippen LogP contribution in [0, 0.1) is 17.7 Å². The third-order valence-corrected chi connectivity index (χ3v) is 4.75. The number of piperidine rings is 1. The van der Waals surface area contributed by atoms with Crippen LogP contribution in [0.15, 0.2) is 24.3 Å². The Morgan fingerprint density at radius 2 is 2.00 bits per heavy atom. The maximum Gasteiger partial charge on any atom is 0.127 e.